The van der Waals surface area contributed by atoms with Crippen LogP contribution in [0.15, 0.2) is 86.8 Å². The lowest BCUT2D eigenvalue weighted by Crippen LogP contribution is -1.79. The maximum Gasteiger partial charge on any atom is 0.0504 e. The number of hydrogen-bond donors (Lipinski definition) is 0. The van der Waals surface area contributed by atoms with Gasteiger partial charge in [-0.05, 0) is 61.9 Å². The maximum absolute atomic E-state index is 6.14. The first-order chi connectivity index (χ1) is 12.1. The minimum Gasteiger partial charge on any atom is -0.0843 e. The van der Waals surface area contributed by atoms with E-state index in [1.54, 1.807) is 23.5 Å². The molecule has 0 spiro atoms. The maximum atomic E-state index is 6.14. The van der Waals surface area contributed by atoms with Gasteiger partial charge in [0, 0.05) is 14.8 Å². The highest BCUT2D eigenvalue weighted by Gasteiger charge is 2.05. The number of halogens is 1. The highest BCUT2D eigenvalue weighted by atomic mass is 35.5. The molecule has 3 aromatic carbocycles. The SMILES string of the molecule is Cc1ccc(SC(=Cc2cccc(Cl)c2)Sc2ccc(C)cc2)cc1. The van der Waals surface area contributed by atoms with Gasteiger partial charge < -0.3 is 0 Å². The van der Waals surface area contributed by atoms with Gasteiger partial charge in [0.1, 0.15) is 0 Å². The van der Waals surface area contributed by atoms with Crippen molar-refractivity contribution in [3.63, 3.8) is 0 Å². The zero-order chi connectivity index (χ0) is 17.6. The molecule has 0 nitrogen and oxygen atoms in total. The van der Waals surface area contributed by atoms with Gasteiger partial charge >= 0.3 is 0 Å². The molecule has 0 atom stereocenters. The molecule has 0 aliphatic heterocycles. The normalized spacial score (nSPS) is 10.5. The van der Waals surface area contributed by atoms with Crippen molar-refractivity contribution in [3.05, 3.63) is 98.7 Å². The van der Waals surface area contributed by atoms with Crippen molar-refractivity contribution in [3.8, 4) is 0 Å². The van der Waals surface area contributed by atoms with Crippen LogP contribution in [-0.2, 0) is 0 Å². The predicted octanol–water partition coefficient (Wildman–Crippen LogP) is 7.84. The van der Waals surface area contributed by atoms with E-state index < -0.39 is 0 Å². The molecule has 0 bridgehead atoms. The Labute approximate surface area is 163 Å². The number of aryl methyl sites for hydroxylation is 2. The second-order valence-corrected chi connectivity index (χ2v) is 8.77. The minimum atomic E-state index is 0.758. The van der Waals surface area contributed by atoms with Crippen LogP contribution < -0.4 is 0 Å². The Balaban J connectivity index is 1.89. The molecule has 0 N–H and O–H groups in total. The van der Waals surface area contributed by atoms with E-state index in [1.807, 2.05) is 18.2 Å². The van der Waals surface area contributed by atoms with Crippen LogP contribution in [0, 0.1) is 13.8 Å². The standard InChI is InChI=1S/C22H19ClS2/c1-16-6-10-20(11-7-16)24-22(15-18-4-3-5-19(23)14-18)25-21-12-8-17(2)9-13-21/h3-15H,1-2H3. The molecule has 0 aromatic heterocycles. The Hall–Kier alpha value is -1.61. The smallest absolute Gasteiger partial charge is 0.0504 e. The molecule has 0 aliphatic rings. The van der Waals surface area contributed by atoms with Crippen molar-refractivity contribution < 1.29 is 0 Å². The molecule has 3 rings (SSSR count). The van der Waals surface area contributed by atoms with E-state index in [9.17, 15) is 0 Å². The summed E-state index contributed by atoms with van der Waals surface area (Å²) in [4.78, 5) is 2.47. The summed E-state index contributed by atoms with van der Waals surface area (Å²) in [6.07, 6.45) is 2.20. The third-order valence-corrected chi connectivity index (χ3v) is 6.00. The molecular weight excluding hydrogens is 364 g/mol. The third kappa shape index (κ3) is 5.71. The van der Waals surface area contributed by atoms with Crippen molar-refractivity contribution in [2.45, 2.75) is 23.6 Å². The van der Waals surface area contributed by atoms with Gasteiger partial charge in [-0.15, -0.1) is 0 Å². The van der Waals surface area contributed by atoms with Gasteiger partial charge in [0.25, 0.3) is 0 Å². The molecule has 0 saturated carbocycles. The van der Waals surface area contributed by atoms with Crippen molar-refractivity contribution >= 4 is 41.2 Å². The summed E-state index contributed by atoms with van der Waals surface area (Å²) < 4.78 is 1.22. The Morgan fingerprint density at radius 2 is 1.28 bits per heavy atom. The van der Waals surface area contributed by atoms with Crippen molar-refractivity contribution in [1.29, 1.82) is 0 Å². The van der Waals surface area contributed by atoms with Gasteiger partial charge in [0.2, 0.25) is 0 Å². The molecule has 0 fully saturated rings. The van der Waals surface area contributed by atoms with Crippen LogP contribution in [0.5, 0.6) is 0 Å². The topological polar surface area (TPSA) is 0 Å². The van der Waals surface area contributed by atoms with Gasteiger partial charge in [-0.25, -0.2) is 0 Å². The first-order valence-electron chi connectivity index (χ1n) is 8.05. The molecule has 0 aliphatic carbocycles. The fourth-order valence-corrected chi connectivity index (χ4v) is 4.60. The monoisotopic (exact) mass is 382 g/mol. The van der Waals surface area contributed by atoms with E-state index in [4.69, 9.17) is 11.6 Å². The predicted molar refractivity (Wildman–Crippen MR) is 114 cm³/mol. The first kappa shape index (κ1) is 18.2. The quantitative estimate of drug-likeness (QED) is 0.412. The van der Waals surface area contributed by atoms with E-state index in [-0.39, 0.29) is 0 Å². The van der Waals surface area contributed by atoms with E-state index in [1.165, 1.54) is 25.2 Å². The van der Waals surface area contributed by atoms with Crippen molar-refractivity contribution in [2.24, 2.45) is 0 Å². The van der Waals surface area contributed by atoms with Gasteiger partial charge in [0.15, 0.2) is 0 Å². The molecule has 3 heteroatoms. The summed E-state index contributed by atoms with van der Waals surface area (Å²) in [6, 6.07) is 25.2. The van der Waals surface area contributed by atoms with Crippen LogP contribution in [-0.4, -0.2) is 0 Å². The molecule has 0 heterocycles. The van der Waals surface area contributed by atoms with E-state index >= 15 is 0 Å². The summed E-state index contributed by atoms with van der Waals surface area (Å²) in [7, 11) is 0. The largest absolute Gasteiger partial charge is 0.0843 e. The number of rotatable bonds is 5. The zero-order valence-electron chi connectivity index (χ0n) is 14.2. The van der Waals surface area contributed by atoms with Crippen molar-refractivity contribution in [1.82, 2.24) is 0 Å². The second-order valence-electron chi connectivity index (χ2n) is 5.85. The fraction of sp³-hybridized carbons (Fsp3) is 0.0909. The van der Waals surface area contributed by atoms with E-state index in [0.29, 0.717) is 0 Å². The van der Waals surface area contributed by atoms with Gasteiger partial charge in [-0.1, -0.05) is 82.6 Å². The van der Waals surface area contributed by atoms with Crippen LogP contribution in [0.2, 0.25) is 5.02 Å². The zero-order valence-corrected chi connectivity index (χ0v) is 16.6. The molecule has 126 valence electrons. The molecule has 0 saturated heterocycles. The lowest BCUT2D eigenvalue weighted by molar-refractivity contribution is 1.38. The first-order valence-corrected chi connectivity index (χ1v) is 10.1. The molecule has 0 unspecified atom stereocenters. The van der Waals surface area contributed by atoms with Gasteiger partial charge in [0.05, 0.1) is 4.24 Å². The van der Waals surface area contributed by atoms with Gasteiger partial charge in [-0.2, -0.15) is 0 Å². The lowest BCUT2D eigenvalue weighted by atomic mass is 10.2. The van der Waals surface area contributed by atoms with E-state index in [2.05, 4.69) is 74.5 Å². The van der Waals surface area contributed by atoms with E-state index in [0.717, 1.165) is 10.6 Å². The molecular formula is C22H19ClS2. The molecule has 25 heavy (non-hydrogen) atoms. The lowest BCUT2D eigenvalue weighted by Gasteiger charge is -2.09. The average Bonchev–Trinajstić information content (AvgIpc) is 2.59. The number of benzene rings is 3. The summed E-state index contributed by atoms with van der Waals surface area (Å²) in [6.45, 7) is 4.22. The van der Waals surface area contributed by atoms with Crippen molar-refractivity contribution in [2.75, 3.05) is 0 Å². The Morgan fingerprint density at radius 1 is 0.760 bits per heavy atom. The number of thioether (sulfide) groups is 2. The summed E-state index contributed by atoms with van der Waals surface area (Å²) in [5.74, 6) is 0. The Morgan fingerprint density at radius 3 is 1.76 bits per heavy atom. The van der Waals surface area contributed by atoms with Crippen LogP contribution in [0.25, 0.3) is 6.08 Å². The Kier molecular flexibility index (Phi) is 6.30. The van der Waals surface area contributed by atoms with Gasteiger partial charge in [-0.3, -0.25) is 0 Å². The average molecular weight is 383 g/mol. The highest BCUT2D eigenvalue weighted by Crippen LogP contribution is 2.40. The fourth-order valence-electron chi connectivity index (χ4n) is 2.26. The van der Waals surface area contributed by atoms with Crippen LogP contribution in [0.4, 0.5) is 0 Å². The molecule has 0 amide bonds. The van der Waals surface area contributed by atoms with Crippen LogP contribution in [0.1, 0.15) is 16.7 Å². The summed E-state index contributed by atoms with van der Waals surface area (Å²) in [5.41, 5.74) is 3.66. The molecule has 3 aromatic rings. The Bertz CT molecular complexity index is 816. The minimum absolute atomic E-state index is 0.758. The van der Waals surface area contributed by atoms with Crippen LogP contribution >= 0.6 is 35.1 Å². The second kappa shape index (κ2) is 8.66. The molecule has 0 radical (unpaired) electrons. The van der Waals surface area contributed by atoms with Crippen LogP contribution in [0.3, 0.4) is 0 Å². The summed E-state index contributed by atoms with van der Waals surface area (Å²) in [5, 5.41) is 0.758. The summed E-state index contributed by atoms with van der Waals surface area (Å²) >= 11 is 9.70. The third-order valence-electron chi connectivity index (χ3n) is 3.61. The highest BCUT2D eigenvalue weighted by molar-refractivity contribution is 8.22. The number of hydrogen-bond acceptors (Lipinski definition) is 2.